The van der Waals surface area contributed by atoms with Gasteiger partial charge in [0.25, 0.3) is 0 Å². The molecule has 3 heterocycles. The number of rotatable bonds is 6. The molecule has 0 unspecified atom stereocenters. The third-order valence-electron chi connectivity index (χ3n) is 6.13. The van der Waals surface area contributed by atoms with Crippen molar-refractivity contribution in [2.24, 2.45) is 0 Å². The Morgan fingerprint density at radius 1 is 1.12 bits per heavy atom. The molecule has 32 heavy (non-hydrogen) atoms. The van der Waals surface area contributed by atoms with Crippen LogP contribution in [0.3, 0.4) is 0 Å². The largest absolute Gasteiger partial charge is 0.497 e. The van der Waals surface area contributed by atoms with E-state index in [-0.39, 0.29) is 18.2 Å². The van der Waals surface area contributed by atoms with Crippen molar-refractivity contribution >= 4 is 5.69 Å². The minimum absolute atomic E-state index is 0.0649. The van der Waals surface area contributed by atoms with E-state index in [1.807, 2.05) is 0 Å². The molecule has 1 fully saturated rings. The van der Waals surface area contributed by atoms with Crippen molar-refractivity contribution in [2.75, 3.05) is 45.9 Å². The quantitative estimate of drug-likeness (QED) is 0.664. The lowest BCUT2D eigenvalue weighted by molar-refractivity contribution is -0.137. The van der Waals surface area contributed by atoms with Crippen LogP contribution in [-0.2, 0) is 19.1 Å². The van der Waals surface area contributed by atoms with Crippen molar-refractivity contribution in [3.63, 3.8) is 0 Å². The maximum absolute atomic E-state index is 13.7. The molecule has 2 aliphatic heterocycles. The van der Waals surface area contributed by atoms with E-state index in [4.69, 9.17) is 14.2 Å². The van der Waals surface area contributed by atoms with Crippen LogP contribution in [0.2, 0.25) is 0 Å². The lowest BCUT2D eigenvalue weighted by atomic mass is 10.0. The predicted octanol–water partition coefficient (Wildman–Crippen LogP) is 3.55. The summed E-state index contributed by atoms with van der Waals surface area (Å²) in [6.07, 6.45) is -1.86. The Morgan fingerprint density at radius 2 is 1.94 bits per heavy atom. The molecule has 7 nitrogen and oxygen atoms in total. The maximum atomic E-state index is 13.7. The minimum atomic E-state index is -4.48. The molecule has 10 heteroatoms. The topological polar surface area (TPSA) is 60.0 Å². The van der Waals surface area contributed by atoms with E-state index in [1.165, 1.54) is 26.4 Å². The van der Waals surface area contributed by atoms with Crippen LogP contribution < -0.4 is 19.1 Å². The van der Waals surface area contributed by atoms with Crippen LogP contribution in [0.15, 0.2) is 18.2 Å². The van der Waals surface area contributed by atoms with Gasteiger partial charge in [-0.25, -0.2) is 0 Å². The summed E-state index contributed by atoms with van der Waals surface area (Å²) in [5.74, 6) is 0.773. The second-order valence-electron chi connectivity index (χ2n) is 8.08. The van der Waals surface area contributed by atoms with E-state index in [9.17, 15) is 13.2 Å². The first kappa shape index (κ1) is 22.4. The van der Waals surface area contributed by atoms with E-state index in [0.29, 0.717) is 42.9 Å². The second kappa shape index (κ2) is 9.01. The minimum Gasteiger partial charge on any atom is -0.497 e. The number of halogens is 3. The number of likely N-dealkylation sites (N-methyl/N-ethyl adjacent to an activating group) is 1. The highest BCUT2D eigenvalue weighted by Crippen LogP contribution is 2.40. The van der Waals surface area contributed by atoms with Gasteiger partial charge in [-0.2, -0.15) is 23.1 Å². The fourth-order valence-corrected chi connectivity index (χ4v) is 4.31. The van der Waals surface area contributed by atoms with E-state index < -0.39 is 11.7 Å². The number of aromatic nitrogens is 2. The van der Waals surface area contributed by atoms with Gasteiger partial charge in [-0.1, -0.05) is 0 Å². The van der Waals surface area contributed by atoms with Crippen LogP contribution >= 0.6 is 0 Å². The molecule has 1 atom stereocenters. The average molecular weight is 452 g/mol. The van der Waals surface area contributed by atoms with E-state index in [1.54, 1.807) is 4.90 Å². The highest BCUT2D eigenvalue weighted by Gasteiger charge is 2.36. The molecule has 0 bridgehead atoms. The number of methoxy groups -OCH3 is 2. The van der Waals surface area contributed by atoms with Gasteiger partial charge in [-0.3, -0.25) is 0 Å². The highest BCUT2D eigenvalue weighted by molar-refractivity contribution is 5.60. The number of hydrogen-bond donors (Lipinski definition) is 0. The monoisotopic (exact) mass is 452 g/mol. The van der Waals surface area contributed by atoms with Gasteiger partial charge >= 0.3 is 12.2 Å². The second-order valence-corrected chi connectivity index (χ2v) is 8.08. The summed E-state index contributed by atoms with van der Waals surface area (Å²) in [4.78, 5) is 12.8. The standard InChI is InChI=1S/C22H27F3N4O3/c1-28-9-4-5-14(28)13-32-21-26-18-12-29(10-8-16(18)20(27-21)31-3)19-11-15(30-2)6-7-17(19)22(23,24)25/h6-7,11,14H,4-5,8-10,12-13H2,1-3H3/t14-/m0/s1. The number of likely N-dealkylation sites (tertiary alicyclic amines) is 1. The van der Waals surface area contributed by atoms with Crippen molar-refractivity contribution in [3.05, 3.63) is 35.0 Å². The van der Waals surface area contributed by atoms with Gasteiger partial charge in [-0.15, -0.1) is 0 Å². The molecule has 0 N–H and O–H groups in total. The van der Waals surface area contributed by atoms with Crippen LogP contribution in [0.5, 0.6) is 17.6 Å². The van der Waals surface area contributed by atoms with Gasteiger partial charge in [0.1, 0.15) is 12.4 Å². The van der Waals surface area contributed by atoms with Crippen molar-refractivity contribution in [2.45, 2.75) is 38.0 Å². The Morgan fingerprint density at radius 3 is 2.59 bits per heavy atom. The molecule has 2 aliphatic rings. The molecule has 174 valence electrons. The van der Waals surface area contributed by atoms with Gasteiger partial charge in [0.05, 0.1) is 37.7 Å². The molecular formula is C22H27F3N4O3. The summed E-state index contributed by atoms with van der Waals surface area (Å²) >= 11 is 0. The van der Waals surface area contributed by atoms with Crippen LogP contribution in [0, 0.1) is 0 Å². The molecule has 0 radical (unpaired) electrons. The lowest BCUT2D eigenvalue weighted by Crippen LogP contribution is -2.34. The molecule has 0 aliphatic carbocycles. The molecular weight excluding hydrogens is 425 g/mol. The molecule has 4 rings (SSSR count). The smallest absolute Gasteiger partial charge is 0.418 e. The lowest BCUT2D eigenvalue weighted by Gasteiger charge is -2.32. The number of alkyl halides is 3. The summed E-state index contributed by atoms with van der Waals surface area (Å²) in [5.41, 5.74) is 0.762. The van der Waals surface area contributed by atoms with Crippen LogP contribution in [-0.4, -0.2) is 61.9 Å². The number of nitrogens with zero attached hydrogens (tertiary/aromatic N) is 4. The van der Waals surface area contributed by atoms with Gasteiger partial charge in [0.2, 0.25) is 5.88 Å². The Hall–Kier alpha value is -2.75. The Labute approximate surface area is 185 Å². The average Bonchev–Trinajstić information content (AvgIpc) is 3.20. The van der Waals surface area contributed by atoms with E-state index in [2.05, 4.69) is 21.9 Å². The first-order chi connectivity index (χ1) is 15.3. The summed E-state index contributed by atoms with van der Waals surface area (Å²) < 4.78 is 57.4. The normalized spacial score (nSPS) is 19.1. The van der Waals surface area contributed by atoms with Crippen molar-refractivity contribution in [1.29, 1.82) is 0 Å². The Bertz CT molecular complexity index is 970. The zero-order valence-corrected chi connectivity index (χ0v) is 18.4. The number of anilines is 1. The van der Waals surface area contributed by atoms with Crippen molar-refractivity contribution in [3.8, 4) is 17.6 Å². The zero-order valence-electron chi connectivity index (χ0n) is 18.4. The van der Waals surface area contributed by atoms with E-state index >= 15 is 0 Å². The van der Waals surface area contributed by atoms with Gasteiger partial charge in [0, 0.05) is 24.2 Å². The van der Waals surface area contributed by atoms with Gasteiger partial charge < -0.3 is 24.0 Å². The fourth-order valence-electron chi connectivity index (χ4n) is 4.31. The van der Waals surface area contributed by atoms with Gasteiger partial charge in [0.15, 0.2) is 0 Å². The van der Waals surface area contributed by atoms with Crippen LogP contribution in [0.4, 0.5) is 18.9 Å². The van der Waals surface area contributed by atoms with Crippen LogP contribution in [0.1, 0.15) is 29.7 Å². The number of ether oxygens (including phenoxy) is 3. The third-order valence-corrected chi connectivity index (χ3v) is 6.13. The summed E-state index contributed by atoms with van der Waals surface area (Å²) in [6.45, 7) is 2.04. The van der Waals surface area contributed by atoms with Crippen molar-refractivity contribution in [1.82, 2.24) is 14.9 Å². The molecule has 0 amide bonds. The highest BCUT2D eigenvalue weighted by atomic mass is 19.4. The van der Waals surface area contributed by atoms with Gasteiger partial charge in [-0.05, 0) is 45.0 Å². The Balaban J connectivity index is 1.61. The summed E-state index contributed by atoms with van der Waals surface area (Å²) in [6, 6.07) is 4.27. The summed E-state index contributed by atoms with van der Waals surface area (Å²) in [7, 11) is 5.01. The molecule has 1 aromatic carbocycles. The number of hydrogen-bond acceptors (Lipinski definition) is 7. The molecule has 0 saturated carbocycles. The van der Waals surface area contributed by atoms with Crippen molar-refractivity contribution < 1.29 is 27.4 Å². The van der Waals surface area contributed by atoms with E-state index in [0.717, 1.165) is 31.0 Å². The molecule has 1 saturated heterocycles. The first-order valence-corrected chi connectivity index (χ1v) is 10.6. The maximum Gasteiger partial charge on any atom is 0.418 e. The molecule has 2 aromatic rings. The third kappa shape index (κ3) is 4.55. The number of benzene rings is 1. The molecule has 0 spiro atoms. The first-order valence-electron chi connectivity index (χ1n) is 10.6. The SMILES string of the molecule is COc1ccc(C(F)(F)F)c(N2CCc3c(nc(OC[C@@H]4CCCN4C)nc3OC)C2)c1. The number of fused-ring (bicyclic) bond motifs is 1. The summed E-state index contributed by atoms with van der Waals surface area (Å²) in [5, 5.41) is 0. The van der Waals surface area contributed by atoms with Crippen LogP contribution in [0.25, 0.3) is 0 Å². The zero-order chi connectivity index (χ0) is 22.9. The molecule has 1 aromatic heterocycles. The fraction of sp³-hybridized carbons (Fsp3) is 0.545. The predicted molar refractivity (Wildman–Crippen MR) is 112 cm³/mol. The Kier molecular flexibility index (Phi) is 6.32.